The lowest BCUT2D eigenvalue weighted by Gasteiger charge is -2.28. The summed E-state index contributed by atoms with van der Waals surface area (Å²) in [6, 6.07) is 0. The van der Waals surface area contributed by atoms with E-state index in [0.29, 0.717) is 24.7 Å². The first-order valence-corrected chi connectivity index (χ1v) is 11.3. The molecule has 29 heavy (non-hydrogen) atoms. The highest BCUT2D eigenvalue weighted by Crippen LogP contribution is 2.35. The molecule has 2 aliphatic rings. The zero-order valence-corrected chi connectivity index (χ0v) is 18.0. The van der Waals surface area contributed by atoms with Crippen LogP contribution in [-0.4, -0.2) is 71.8 Å². The summed E-state index contributed by atoms with van der Waals surface area (Å²) >= 11 is 1.40. The van der Waals surface area contributed by atoms with Gasteiger partial charge in [-0.25, -0.2) is 19.8 Å². The van der Waals surface area contributed by atoms with Crippen molar-refractivity contribution in [2.75, 3.05) is 51.4 Å². The Labute approximate surface area is 175 Å². The van der Waals surface area contributed by atoms with Crippen LogP contribution in [0.1, 0.15) is 47.2 Å². The van der Waals surface area contributed by atoms with Crippen LogP contribution in [0.2, 0.25) is 0 Å². The average Bonchev–Trinajstić information content (AvgIpc) is 3.06. The van der Waals surface area contributed by atoms with Crippen LogP contribution < -0.4 is 5.43 Å². The molecule has 8 nitrogen and oxygen atoms in total. The molecule has 2 fully saturated rings. The number of nitrogens with zero attached hydrogens (tertiary/aromatic N) is 4. The van der Waals surface area contributed by atoms with Crippen LogP contribution in [0.3, 0.4) is 0 Å². The van der Waals surface area contributed by atoms with Crippen LogP contribution in [0.4, 0.5) is 5.82 Å². The first kappa shape index (κ1) is 20.5. The average molecular weight is 420 g/mol. The van der Waals surface area contributed by atoms with E-state index in [0.717, 1.165) is 60.1 Å². The summed E-state index contributed by atoms with van der Waals surface area (Å²) in [7, 11) is 0. The molecule has 0 amide bonds. The van der Waals surface area contributed by atoms with Crippen LogP contribution in [0, 0.1) is 6.92 Å². The van der Waals surface area contributed by atoms with Crippen LogP contribution in [0.5, 0.6) is 0 Å². The number of thiophene rings is 1. The lowest BCUT2D eigenvalue weighted by Crippen LogP contribution is -2.40. The standard InChI is InChI=1S/C20H29N5O3S/c1-3-28-20(26)17-14(2)16-18(23-25-9-11-27-12-10-25)21-15(22-19(16)29-17)13-24-7-5-4-6-8-24/h3-13H2,1-2H3,(H,21,22,23). The summed E-state index contributed by atoms with van der Waals surface area (Å²) in [5.74, 6) is 1.28. The highest BCUT2D eigenvalue weighted by Gasteiger charge is 2.23. The highest BCUT2D eigenvalue weighted by atomic mass is 32.1. The molecule has 158 valence electrons. The normalized spacial score (nSPS) is 18.8. The molecule has 2 saturated heterocycles. The molecule has 0 radical (unpaired) electrons. The maximum atomic E-state index is 12.4. The number of anilines is 1. The van der Waals surface area contributed by atoms with Crippen LogP contribution >= 0.6 is 11.3 Å². The second kappa shape index (κ2) is 9.34. The third-order valence-corrected chi connectivity index (χ3v) is 6.55. The molecular formula is C20H29N5O3S. The van der Waals surface area contributed by atoms with Gasteiger partial charge in [-0.1, -0.05) is 6.42 Å². The SMILES string of the molecule is CCOC(=O)c1sc2nc(CN3CCCCC3)nc(NN3CCOCC3)c2c1C. The summed E-state index contributed by atoms with van der Waals surface area (Å²) in [5, 5.41) is 3.03. The van der Waals surface area contributed by atoms with Crippen molar-refractivity contribution in [3.63, 3.8) is 0 Å². The van der Waals surface area contributed by atoms with Gasteiger partial charge in [0, 0.05) is 13.1 Å². The monoisotopic (exact) mass is 419 g/mol. The number of hydrazine groups is 1. The predicted octanol–water partition coefficient (Wildman–Crippen LogP) is 2.82. The first-order chi connectivity index (χ1) is 14.2. The van der Waals surface area contributed by atoms with Gasteiger partial charge in [-0.3, -0.25) is 4.90 Å². The number of fused-ring (bicyclic) bond motifs is 1. The van der Waals surface area contributed by atoms with E-state index in [2.05, 4.69) is 15.3 Å². The molecule has 0 spiro atoms. The fourth-order valence-corrected chi connectivity index (χ4v) is 4.96. The first-order valence-electron chi connectivity index (χ1n) is 10.4. The Morgan fingerprint density at radius 3 is 2.66 bits per heavy atom. The molecule has 9 heteroatoms. The number of nitrogens with one attached hydrogen (secondary N) is 1. The van der Waals surface area contributed by atoms with Gasteiger partial charge in [0.25, 0.3) is 0 Å². The number of carbonyl (C=O) groups is 1. The Morgan fingerprint density at radius 2 is 1.93 bits per heavy atom. The Kier molecular flexibility index (Phi) is 6.59. The number of aryl methyl sites for hydroxylation is 1. The van der Waals surface area contributed by atoms with Crippen molar-refractivity contribution in [1.82, 2.24) is 19.9 Å². The van der Waals surface area contributed by atoms with Gasteiger partial charge in [-0.2, -0.15) is 0 Å². The number of likely N-dealkylation sites (tertiary alicyclic amines) is 1. The number of rotatable bonds is 6. The van der Waals surface area contributed by atoms with E-state index in [-0.39, 0.29) is 5.97 Å². The number of aromatic nitrogens is 2. The maximum absolute atomic E-state index is 12.4. The van der Waals surface area contributed by atoms with E-state index in [9.17, 15) is 4.79 Å². The summed E-state index contributed by atoms with van der Waals surface area (Å²) in [5.41, 5.74) is 4.34. The van der Waals surface area contributed by atoms with Crippen molar-refractivity contribution in [2.45, 2.75) is 39.7 Å². The van der Waals surface area contributed by atoms with Gasteiger partial charge in [0.15, 0.2) is 5.82 Å². The molecule has 0 aliphatic carbocycles. The minimum atomic E-state index is -0.289. The van der Waals surface area contributed by atoms with E-state index in [4.69, 9.17) is 19.4 Å². The summed E-state index contributed by atoms with van der Waals surface area (Å²) in [6.45, 7) is 10.0. The maximum Gasteiger partial charge on any atom is 0.348 e. The van der Waals surface area contributed by atoms with Crippen molar-refractivity contribution in [1.29, 1.82) is 0 Å². The Bertz CT molecular complexity index is 859. The van der Waals surface area contributed by atoms with Gasteiger partial charge in [-0.15, -0.1) is 11.3 Å². The van der Waals surface area contributed by atoms with Gasteiger partial charge < -0.3 is 14.9 Å². The number of ether oxygens (including phenoxy) is 2. The van der Waals surface area contributed by atoms with Crippen molar-refractivity contribution in [3.8, 4) is 0 Å². The minimum Gasteiger partial charge on any atom is -0.462 e. The fraction of sp³-hybridized carbons (Fsp3) is 0.650. The van der Waals surface area contributed by atoms with Crippen LogP contribution in [0.25, 0.3) is 10.2 Å². The smallest absolute Gasteiger partial charge is 0.348 e. The Hall–Kier alpha value is -1.81. The lowest BCUT2D eigenvalue weighted by atomic mass is 10.1. The van der Waals surface area contributed by atoms with E-state index in [1.54, 1.807) is 0 Å². The number of morpholine rings is 1. The second-order valence-electron chi connectivity index (χ2n) is 7.49. The van der Waals surface area contributed by atoms with Crippen molar-refractivity contribution < 1.29 is 14.3 Å². The fourth-order valence-electron chi connectivity index (χ4n) is 3.87. The second-order valence-corrected chi connectivity index (χ2v) is 8.49. The molecular weight excluding hydrogens is 390 g/mol. The van der Waals surface area contributed by atoms with E-state index < -0.39 is 0 Å². The van der Waals surface area contributed by atoms with E-state index in [1.807, 2.05) is 13.8 Å². The number of hydrogen-bond acceptors (Lipinski definition) is 9. The van der Waals surface area contributed by atoms with Gasteiger partial charge in [0.2, 0.25) is 0 Å². The molecule has 0 aromatic carbocycles. The zero-order valence-electron chi connectivity index (χ0n) is 17.2. The zero-order chi connectivity index (χ0) is 20.2. The number of hydrogen-bond donors (Lipinski definition) is 1. The number of carbonyl (C=O) groups excluding carboxylic acids is 1. The highest BCUT2D eigenvalue weighted by molar-refractivity contribution is 7.20. The molecule has 2 aliphatic heterocycles. The number of piperidine rings is 1. The Morgan fingerprint density at radius 1 is 1.17 bits per heavy atom. The molecule has 4 heterocycles. The largest absolute Gasteiger partial charge is 0.462 e. The minimum absolute atomic E-state index is 0.289. The van der Waals surface area contributed by atoms with Crippen molar-refractivity contribution >= 4 is 33.3 Å². The molecule has 0 bridgehead atoms. The lowest BCUT2D eigenvalue weighted by molar-refractivity contribution is 0.0495. The molecule has 0 saturated carbocycles. The summed E-state index contributed by atoms with van der Waals surface area (Å²) < 4.78 is 10.7. The summed E-state index contributed by atoms with van der Waals surface area (Å²) in [4.78, 5) is 26.0. The molecule has 1 N–H and O–H groups in total. The Balaban J connectivity index is 1.69. The van der Waals surface area contributed by atoms with Crippen molar-refractivity contribution in [3.05, 3.63) is 16.3 Å². The predicted molar refractivity (Wildman–Crippen MR) is 113 cm³/mol. The molecule has 2 aromatic rings. The molecule has 0 unspecified atom stereocenters. The third-order valence-electron chi connectivity index (χ3n) is 5.39. The quantitative estimate of drug-likeness (QED) is 0.716. The van der Waals surface area contributed by atoms with Crippen LogP contribution in [-0.2, 0) is 16.0 Å². The van der Waals surface area contributed by atoms with Crippen molar-refractivity contribution in [2.24, 2.45) is 0 Å². The van der Waals surface area contributed by atoms with E-state index >= 15 is 0 Å². The molecule has 4 rings (SSSR count). The van der Waals surface area contributed by atoms with E-state index in [1.165, 1.54) is 30.6 Å². The summed E-state index contributed by atoms with van der Waals surface area (Å²) in [6.07, 6.45) is 3.76. The van der Waals surface area contributed by atoms with Gasteiger partial charge in [-0.05, 0) is 45.3 Å². The topological polar surface area (TPSA) is 79.8 Å². The molecule has 2 aromatic heterocycles. The van der Waals surface area contributed by atoms with Gasteiger partial charge in [0.1, 0.15) is 15.5 Å². The van der Waals surface area contributed by atoms with Gasteiger partial charge in [0.05, 0.1) is 31.8 Å². The molecule has 0 atom stereocenters. The third kappa shape index (κ3) is 4.69. The van der Waals surface area contributed by atoms with Crippen LogP contribution in [0.15, 0.2) is 0 Å². The number of esters is 1. The van der Waals surface area contributed by atoms with Gasteiger partial charge >= 0.3 is 5.97 Å².